The molecular weight excluding hydrogens is 524 g/mol. The third-order valence-corrected chi connectivity index (χ3v) is 7.45. The molecule has 4 aromatic rings. The Morgan fingerprint density at radius 3 is 2.51 bits per heavy atom. The predicted molar refractivity (Wildman–Crippen MR) is 143 cm³/mol. The van der Waals surface area contributed by atoms with Crippen molar-refractivity contribution in [2.24, 2.45) is 0 Å². The number of aryl methyl sites for hydroxylation is 1. The van der Waals surface area contributed by atoms with Crippen LogP contribution in [0, 0.1) is 13.8 Å². The molecule has 1 fully saturated rings. The van der Waals surface area contributed by atoms with Crippen molar-refractivity contribution in [1.82, 2.24) is 14.9 Å². The van der Waals surface area contributed by atoms with Gasteiger partial charge >= 0.3 is 0 Å². The van der Waals surface area contributed by atoms with E-state index in [-0.39, 0.29) is 18.9 Å². The SMILES string of the molecule is Cc1cc([C@H]2[C@H](c3ccccn3)NC(=S)N2c2ccc3c(c2)OCO3)c(C)n1-c1ccc(Br)cc1. The average Bonchev–Trinajstić information content (AvgIpc) is 3.55. The number of anilines is 1. The number of rotatable bonds is 4. The van der Waals surface area contributed by atoms with Crippen LogP contribution >= 0.6 is 28.1 Å². The summed E-state index contributed by atoms with van der Waals surface area (Å²) < 4.78 is 14.5. The van der Waals surface area contributed by atoms with Crippen molar-refractivity contribution in [3.8, 4) is 17.2 Å². The van der Waals surface area contributed by atoms with E-state index in [1.807, 2.05) is 42.6 Å². The summed E-state index contributed by atoms with van der Waals surface area (Å²) in [7, 11) is 0. The van der Waals surface area contributed by atoms with Gasteiger partial charge < -0.3 is 24.3 Å². The van der Waals surface area contributed by atoms with Crippen LogP contribution in [0.4, 0.5) is 5.69 Å². The fourth-order valence-corrected chi connectivity index (χ4v) is 5.67. The number of nitrogens with one attached hydrogen (secondary N) is 1. The zero-order valence-electron chi connectivity index (χ0n) is 19.2. The number of benzene rings is 2. The van der Waals surface area contributed by atoms with E-state index in [1.165, 1.54) is 5.56 Å². The molecule has 0 radical (unpaired) electrons. The lowest BCUT2D eigenvalue weighted by Gasteiger charge is -2.28. The minimum atomic E-state index is -0.118. The maximum atomic E-state index is 5.90. The zero-order valence-corrected chi connectivity index (χ0v) is 21.6. The molecule has 35 heavy (non-hydrogen) atoms. The number of thiocarbonyl (C=S) groups is 1. The molecule has 0 unspecified atom stereocenters. The number of nitrogens with zero attached hydrogens (tertiary/aromatic N) is 3. The first-order valence-corrected chi connectivity index (χ1v) is 12.6. The van der Waals surface area contributed by atoms with Crippen LogP contribution in [0.15, 0.2) is 77.4 Å². The molecule has 2 aromatic heterocycles. The minimum Gasteiger partial charge on any atom is -0.454 e. The van der Waals surface area contributed by atoms with Crippen molar-refractivity contribution in [2.75, 3.05) is 11.7 Å². The second kappa shape index (κ2) is 8.70. The molecule has 2 aliphatic rings. The summed E-state index contributed by atoms with van der Waals surface area (Å²) in [6, 6.07) is 22.4. The normalized spacial score (nSPS) is 18.7. The molecule has 4 heterocycles. The van der Waals surface area contributed by atoms with Gasteiger partial charge in [-0.3, -0.25) is 4.98 Å². The molecule has 0 bridgehead atoms. The summed E-state index contributed by atoms with van der Waals surface area (Å²) in [5.74, 6) is 1.48. The van der Waals surface area contributed by atoms with Crippen LogP contribution in [-0.2, 0) is 0 Å². The van der Waals surface area contributed by atoms with Crippen molar-refractivity contribution in [3.63, 3.8) is 0 Å². The van der Waals surface area contributed by atoms with Crippen molar-refractivity contribution in [3.05, 3.63) is 100 Å². The van der Waals surface area contributed by atoms with Gasteiger partial charge in [0.2, 0.25) is 6.79 Å². The van der Waals surface area contributed by atoms with E-state index in [0.29, 0.717) is 5.11 Å². The Balaban J connectivity index is 1.51. The Kier molecular flexibility index (Phi) is 5.50. The summed E-state index contributed by atoms with van der Waals surface area (Å²) in [4.78, 5) is 6.85. The topological polar surface area (TPSA) is 51.6 Å². The molecule has 1 N–H and O–H groups in total. The Hall–Kier alpha value is -3.36. The number of aromatic nitrogens is 2. The summed E-state index contributed by atoms with van der Waals surface area (Å²) in [5, 5.41) is 4.20. The summed E-state index contributed by atoms with van der Waals surface area (Å²) in [6.45, 7) is 4.54. The molecule has 0 aliphatic carbocycles. The molecule has 2 aromatic carbocycles. The van der Waals surface area contributed by atoms with Crippen LogP contribution in [0.1, 0.15) is 34.7 Å². The first kappa shape index (κ1) is 22.1. The monoisotopic (exact) mass is 546 g/mol. The van der Waals surface area contributed by atoms with Gasteiger partial charge in [-0.25, -0.2) is 0 Å². The summed E-state index contributed by atoms with van der Waals surface area (Å²) in [5.41, 5.74) is 6.51. The quantitative estimate of drug-likeness (QED) is 0.309. The van der Waals surface area contributed by atoms with Crippen molar-refractivity contribution >= 4 is 38.9 Å². The van der Waals surface area contributed by atoms with Crippen LogP contribution in [0.3, 0.4) is 0 Å². The first-order chi connectivity index (χ1) is 17.0. The van der Waals surface area contributed by atoms with Crippen molar-refractivity contribution < 1.29 is 9.47 Å². The highest BCUT2D eigenvalue weighted by molar-refractivity contribution is 9.10. The van der Waals surface area contributed by atoms with Gasteiger partial charge in [-0.15, -0.1) is 0 Å². The van der Waals surface area contributed by atoms with Gasteiger partial charge in [0.15, 0.2) is 16.6 Å². The number of hydrogen-bond acceptors (Lipinski definition) is 4. The van der Waals surface area contributed by atoms with E-state index in [1.54, 1.807) is 0 Å². The van der Waals surface area contributed by atoms with Crippen LogP contribution in [0.2, 0.25) is 0 Å². The van der Waals surface area contributed by atoms with E-state index in [0.717, 1.165) is 44.4 Å². The highest BCUT2D eigenvalue weighted by Gasteiger charge is 2.42. The highest BCUT2D eigenvalue weighted by Crippen LogP contribution is 2.46. The predicted octanol–water partition coefficient (Wildman–Crippen LogP) is 6.16. The number of pyridine rings is 1. The second-order valence-corrected chi connectivity index (χ2v) is 9.97. The van der Waals surface area contributed by atoms with Gasteiger partial charge in [-0.1, -0.05) is 22.0 Å². The molecule has 6 rings (SSSR count). The van der Waals surface area contributed by atoms with Gasteiger partial charge in [0.1, 0.15) is 0 Å². The van der Waals surface area contributed by atoms with Crippen LogP contribution < -0.4 is 19.7 Å². The molecule has 1 saturated heterocycles. The van der Waals surface area contributed by atoms with Gasteiger partial charge in [0.25, 0.3) is 0 Å². The Morgan fingerprint density at radius 2 is 1.74 bits per heavy atom. The number of ether oxygens (including phenoxy) is 2. The molecule has 0 spiro atoms. The lowest BCUT2D eigenvalue weighted by atomic mass is 9.96. The summed E-state index contributed by atoms with van der Waals surface area (Å²) >= 11 is 9.44. The van der Waals surface area contributed by atoms with Crippen molar-refractivity contribution in [2.45, 2.75) is 25.9 Å². The molecule has 176 valence electrons. The second-order valence-electron chi connectivity index (χ2n) is 8.67. The largest absolute Gasteiger partial charge is 0.454 e. The minimum absolute atomic E-state index is 0.104. The van der Waals surface area contributed by atoms with Crippen LogP contribution in [0.5, 0.6) is 11.5 Å². The van der Waals surface area contributed by atoms with E-state index in [9.17, 15) is 0 Å². The van der Waals surface area contributed by atoms with Gasteiger partial charge in [-0.05, 0) is 86.2 Å². The molecule has 0 amide bonds. The zero-order chi connectivity index (χ0) is 24.1. The van der Waals surface area contributed by atoms with Gasteiger partial charge in [0, 0.05) is 39.5 Å². The number of hydrogen-bond donors (Lipinski definition) is 1. The third-order valence-electron chi connectivity index (χ3n) is 6.61. The molecule has 2 aliphatic heterocycles. The highest BCUT2D eigenvalue weighted by atomic mass is 79.9. The van der Waals surface area contributed by atoms with E-state index < -0.39 is 0 Å². The molecule has 0 saturated carbocycles. The molecule has 2 atom stereocenters. The smallest absolute Gasteiger partial charge is 0.231 e. The fourth-order valence-electron chi connectivity index (χ4n) is 5.06. The maximum Gasteiger partial charge on any atom is 0.231 e. The Labute approximate surface area is 217 Å². The van der Waals surface area contributed by atoms with Gasteiger partial charge in [-0.2, -0.15) is 0 Å². The molecular formula is C27H23BrN4O2S. The Bertz CT molecular complexity index is 1420. The average molecular weight is 547 g/mol. The Morgan fingerprint density at radius 1 is 0.971 bits per heavy atom. The van der Waals surface area contributed by atoms with Crippen LogP contribution in [-0.4, -0.2) is 21.5 Å². The van der Waals surface area contributed by atoms with Crippen LogP contribution in [0.25, 0.3) is 5.69 Å². The van der Waals surface area contributed by atoms with E-state index in [2.05, 4.69) is 79.9 Å². The maximum absolute atomic E-state index is 5.90. The lowest BCUT2D eigenvalue weighted by Crippen LogP contribution is -2.29. The standard InChI is InChI=1S/C27H23BrN4O2S/c1-16-13-21(17(2)31(16)19-8-6-18(28)7-9-19)26-25(22-5-3-4-12-29-22)30-27(35)32(26)20-10-11-23-24(14-20)34-15-33-23/h3-14,25-26H,15H2,1-2H3,(H,30,35)/t25-,26-/m0/s1. The first-order valence-electron chi connectivity index (χ1n) is 11.4. The number of fused-ring (bicyclic) bond motifs is 1. The molecule has 6 nitrogen and oxygen atoms in total. The van der Waals surface area contributed by atoms with Crippen molar-refractivity contribution in [1.29, 1.82) is 0 Å². The molecule has 8 heteroatoms. The van der Waals surface area contributed by atoms with E-state index >= 15 is 0 Å². The number of halogens is 1. The van der Waals surface area contributed by atoms with E-state index in [4.69, 9.17) is 21.7 Å². The summed E-state index contributed by atoms with van der Waals surface area (Å²) in [6.07, 6.45) is 1.82. The third kappa shape index (κ3) is 3.77. The fraction of sp³-hybridized carbons (Fsp3) is 0.185. The lowest BCUT2D eigenvalue weighted by molar-refractivity contribution is 0.174. The van der Waals surface area contributed by atoms with Gasteiger partial charge in [0.05, 0.1) is 17.8 Å².